The third-order valence-corrected chi connectivity index (χ3v) is 4.40. The second-order valence-corrected chi connectivity index (χ2v) is 6.35. The summed E-state index contributed by atoms with van der Waals surface area (Å²) >= 11 is -0.312. The van der Waals surface area contributed by atoms with Crippen LogP contribution in [0.15, 0.2) is 24.3 Å². The van der Waals surface area contributed by atoms with Crippen LogP contribution < -0.4 is 15.0 Å². The Hall–Kier alpha value is -1.57. The highest BCUT2D eigenvalue weighted by atomic mass is 32.2. The van der Waals surface area contributed by atoms with Crippen LogP contribution in [0.1, 0.15) is 6.42 Å². The molecular weight excluding hydrogens is 329 g/mol. The first kappa shape index (κ1) is 17.8. The van der Waals surface area contributed by atoms with Crippen molar-refractivity contribution in [3.63, 3.8) is 0 Å². The number of hydrogen-bond acceptors (Lipinski definition) is 4. The third kappa shape index (κ3) is 5.53. The molecule has 1 atom stereocenters. The lowest BCUT2D eigenvalue weighted by atomic mass is 10.1. The van der Waals surface area contributed by atoms with Crippen molar-refractivity contribution in [1.82, 2.24) is 5.32 Å². The zero-order valence-electron chi connectivity index (χ0n) is 12.7. The van der Waals surface area contributed by atoms with Crippen molar-refractivity contribution in [3.05, 3.63) is 24.3 Å². The van der Waals surface area contributed by atoms with Gasteiger partial charge in [-0.15, -0.1) is 0 Å². The normalized spacial score (nSPS) is 18.1. The van der Waals surface area contributed by atoms with Crippen LogP contribution in [0.25, 0.3) is 0 Å². The zero-order chi connectivity index (χ0) is 16.9. The minimum atomic E-state index is -4.37. The molecule has 1 saturated heterocycles. The number of nitrogens with zero attached hydrogens (tertiary/aromatic N) is 1. The lowest BCUT2D eigenvalue weighted by molar-refractivity contribution is -0.119. The monoisotopic (exact) mass is 348 g/mol. The second kappa shape index (κ2) is 7.81. The molecule has 8 heteroatoms. The molecule has 0 saturated carbocycles. The molecule has 0 radical (unpaired) electrons. The maximum Gasteiger partial charge on any atom is 0.442 e. The first-order valence-corrected chi connectivity index (χ1v) is 8.23. The van der Waals surface area contributed by atoms with Gasteiger partial charge in [-0.1, -0.05) is 12.1 Å². The molecule has 4 nitrogen and oxygen atoms in total. The van der Waals surface area contributed by atoms with Crippen LogP contribution in [0.5, 0.6) is 5.75 Å². The van der Waals surface area contributed by atoms with Crippen molar-refractivity contribution in [2.45, 2.75) is 11.9 Å². The van der Waals surface area contributed by atoms with Crippen LogP contribution in [0.2, 0.25) is 0 Å². The summed E-state index contributed by atoms with van der Waals surface area (Å²) in [5.41, 5.74) is -3.37. The number of amides is 1. The fraction of sp³-hybridized carbons (Fsp3) is 0.533. The van der Waals surface area contributed by atoms with Gasteiger partial charge in [0.05, 0.1) is 18.6 Å². The van der Waals surface area contributed by atoms with Crippen molar-refractivity contribution in [3.8, 4) is 5.75 Å². The Balaban J connectivity index is 1.78. The Morgan fingerprint density at radius 2 is 2.17 bits per heavy atom. The Morgan fingerprint density at radius 3 is 2.87 bits per heavy atom. The molecule has 1 aliphatic heterocycles. The van der Waals surface area contributed by atoms with Crippen LogP contribution in [0, 0.1) is 5.92 Å². The fourth-order valence-electron chi connectivity index (χ4n) is 2.57. The number of thioether (sulfide) groups is 1. The number of carbonyl (C=O) groups is 1. The molecule has 0 spiro atoms. The van der Waals surface area contributed by atoms with Gasteiger partial charge in [-0.3, -0.25) is 4.79 Å². The molecule has 23 heavy (non-hydrogen) atoms. The number of benzene rings is 1. The van der Waals surface area contributed by atoms with Gasteiger partial charge >= 0.3 is 5.51 Å². The highest BCUT2D eigenvalue weighted by Gasteiger charge is 2.30. The van der Waals surface area contributed by atoms with Crippen LogP contribution in [-0.2, 0) is 4.79 Å². The number of anilines is 1. The Morgan fingerprint density at radius 1 is 1.43 bits per heavy atom. The second-order valence-electron chi connectivity index (χ2n) is 5.31. The highest BCUT2D eigenvalue weighted by Crippen LogP contribution is 2.32. The molecule has 0 aliphatic carbocycles. The van der Waals surface area contributed by atoms with E-state index in [9.17, 15) is 18.0 Å². The molecular formula is C15H19F3N2O2S. The Bertz CT molecular complexity index is 540. The average Bonchev–Trinajstić information content (AvgIpc) is 2.99. The lowest BCUT2D eigenvalue weighted by Gasteiger charge is -2.21. The molecule has 1 aliphatic rings. The van der Waals surface area contributed by atoms with Crippen LogP contribution in [0.3, 0.4) is 0 Å². The molecule has 1 aromatic carbocycles. The molecule has 128 valence electrons. The number of nitrogens with one attached hydrogen (secondary N) is 1. The molecule has 1 aromatic rings. The van der Waals surface area contributed by atoms with Gasteiger partial charge in [0.2, 0.25) is 5.91 Å². The van der Waals surface area contributed by atoms with Gasteiger partial charge in [0.15, 0.2) is 0 Å². The molecule has 0 unspecified atom stereocenters. The summed E-state index contributed by atoms with van der Waals surface area (Å²) in [4.78, 5) is 13.6. The van der Waals surface area contributed by atoms with Gasteiger partial charge in [0.25, 0.3) is 0 Å². The highest BCUT2D eigenvalue weighted by molar-refractivity contribution is 8.00. The van der Waals surface area contributed by atoms with Gasteiger partial charge in [0, 0.05) is 19.6 Å². The third-order valence-electron chi connectivity index (χ3n) is 3.67. The lowest BCUT2D eigenvalue weighted by Crippen LogP contribution is -2.32. The van der Waals surface area contributed by atoms with Gasteiger partial charge in [-0.2, -0.15) is 13.2 Å². The van der Waals surface area contributed by atoms with Crippen molar-refractivity contribution in [2.75, 3.05) is 37.4 Å². The van der Waals surface area contributed by atoms with Crippen molar-refractivity contribution < 1.29 is 22.7 Å². The molecule has 2 rings (SSSR count). The van der Waals surface area contributed by atoms with E-state index in [-0.39, 0.29) is 17.7 Å². The number of halogens is 3. The van der Waals surface area contributed by atoms with E-state index in [1.807, 2.05) is 24.3 Å². The molecule has 1 amide bonds. The summed E-state index contributed by atoms with van der Waals surface area (Å²) in [6.07, 6.45) is 0.880. The quantitative estimate of drug-likeness (QED) is 0.858. The van der Waals surface area contributed by atoms with E-state index >= 15 is 0 Å². The molecule has 1 fully saturated rings. The predicted octanol–water partition coefficient (Wildman–Crippen LogP) is 2.89. The smallest absolute Gasteiger partial charge is 0.442 e. The van der Waals surface area contributed by atoms with Crippen molar-refractivity contribution in [1.29, 1.82) is 0 Å². The van der Waals surface area contributed by atoms with E-state index in [1.54, 1.807) is 7.11 Å². The Kier molecular flexibility index (Phi) is 6.04. The van der Waals surface area contributed by atoms with E-state index in [0.29, 0.717) is 6.54 Å². The maximum absolute atomic E-state index is 12.0. The van der Waals surface area contributed by atoms with E-state index in [0.717, 1.165) is 30.9 Å². The van der Waals surface area contributed by atoms with Gasteiger partial charge in [0.1, 0.15) is 5.75 Å². The average molecular weight is 348 g/mol. The maximum atomic E-state index is 12.0. The molecule has 0 aromatic heterocycles. The summed E-state index contributed by atoms with van der Waals surface area (Å²) in [6.45, 7) is 1.97. The first-order valence-electron chi connectivity index (χ1n) is 7.24. The van der Waals surface area contributed by atoms with E-state index in [1.165, 1.54) is 0 Å². The molecule has 1 heterocycles. The number of rotatable bonds is 6. The van der Waals surface area contributed by atoms with Crippen LogP contribution >= 0.6 is 11.8 Å². The van der Waals surface area contributed by atoms with Crippen molar-refractivity contribution in [2.24, 2.45) is 5.92 Å². The fourth-order valence-corrected chi connectivity index (χ4v) is 2.96. The standard InChI is InChI=1S/C15H19F3N2O2S/c1-22-13-5-3-2-4-12(13)20-7-6-11(9-20)8-19-14(21)10-23-15(16,17)18/h2-5,11H,6-10H2,1H3,(H,19,21)/t11-/m1/s1. The minimum absolute atomic E-state index is 0.222. The number of para-hydroxylation sites is 2. The van der Waals surface area contributed by atoms with Crippen molar-refractivity contribution >= 4 is 23.4 Å². The van der Waals surface area contributed by atoms with E-state index in [2.05, 4.69) is 10.2 Å². The summed E-state index contributed by atoms with van der Waals surface area (Å²) < 4.78 is 41.4. The number of ether oxygens (including phenoxy) is 1. The summed E-state index contributed by atoms with van der Waals surface area (Å²) in [5.74, 6) is -0.159. The van der Waals surface area contributed by atoms with Crippen LogP contribution in [-0.4, -0.2) is 43.9 Å². The number of hydrogen-bond donors (Lipinski definition) is 1. The summed E-state index contributed by atoms with van der Waals surface area (Å²) in [6, 6.07) is 7.69. The Labute approximate surface area is 137 Å². The van der Waals surface area contributed by atoms with E-state index in [4.69, 9.17) is 4.74 Å². The molecule has 0 bridgehead atoms. The molecule has 1 N–H and O–H groups in total. The SMILES string of the molecule is COc1ccccc1N1CC[C@H](CNC(=O)CSC(F)(F)F)C1. The summed E-state index contributed by atoms with van der Waals surface area (Å²) in [5, 5.41) is 2.58. The summed E-state index contributed by atoms with van der Waals surface area (Å²) in [7, 11) is 1.62. The largest absolute Gasteiger partial charge is 0.495 e. The number of alkyl halides is 3. The topological polar surface area (TPSA) is 41.6 Å². The van der Waals surface area contributed by atoms with Gasteiger partial charge in [-0.05, 0) is 36.2 Å². The zero-order valence-corrected chi connectivity index (χ0v) is 13.5. The first-order chi connectivity index (χ1) is 10.9. The van der Waals surface area contributed by atoms with Crippen LogP contribution in [0.4, 0.5) is 18.9 Å². The number of methoxy groups -OCH3 is 1. The minimum Gasteiger partial charge on any atom is -0.495 e. The van der Waals surface area contributed by atoms with Gasteiger partial charge < -0.3 is 15.0 Å². The predicted molar refractivity (Wildman–Crippen MR) is 84.8 cm³/mol. The number of carbonyl (C=O) groups excluding carboxylic acids is 1. The van der Waals surface area contributed by atoms with E-state index < -0.39 is 17.2 Å². The van der Waals surface area contributed by atoms with Gasteiger partial charge in [-0.25, -0.2) is 0 Å².